The maximum absolute atomic E-state index is 10.5. The van der Waals surface area contributed by atoms with Crippen LogP contribution in [0, 0.1) is 0 Å². The van der Waals surface area contributed by atoms with E-state index in [1.165, 1.54) is 13.2 Å². The van der Waals surface area contributed by atoms with Crippen LogP contribution in [0.2, 0.25) is 0 Å². The van der Waals surface area contributed by atoms with Crippen molar-refractivity contribution in [3.63, 3.8) is 0 Å². The molecule has 0 radical (unpaired) electrons. The maximum atomic E-state index is 10.5. The Kier molecular flexibility index (Phi) is 7.01. The van der Waals surface area contributed by atoms with Gasteiger partial charge in [-0.15, -0.1) is 0 Å². The molecule has 0 aromatic rings. The summed E-state index contributed by atoms with van der Waals surface area (Å²) < 4.78 is 5.53. The highest BCUT2D eigenvalue weighted by atomic mass is 127. The van der Waals surface area contributed by atoms with Crippen LogP contribution in [0.15, 0.2) is 12.2 Å². The van der Waals surface area contributed by atoms with Crippen LogP contribution in [0.25, 0.3) is 0 Å². The van der Waals surface area contributed by atoms with Crippen molar-refractivity contribution in [1.29, 1.82) is 0 Å². The Hall–Kier alpha value is -0.0600. The molecule has 0 aliphatic rings. The average molecular weight is 254 g/mol. The lowest BCUT2D eigenvalue weighted by atomic mass is 10.3. The van der Waals surface area contributed by atoms with Gasteiger partial charge < -0.3 is 4.74 Å². The molecule has 0 unspecified atom stereocenters. The summed E-state index contributed by atoms with van der Waals surface area (Å²) in [5.74, 6) is -0.270. The van der Waals surface area contributed by atoms with Crippen molar-refractivity contribution in [3.05, 3.63) is 12.2 Å². The molecule has 3 heteroatoms. The summed E-state index contributed by atoms with van der Waals surface area (Å²) in [4.78, 5) is 10.5. The standard InChI is InChI=1S/C7H11IO2/c1-10-7(9)5-3-2-4-6-8/h3,5H,2,4,6H2,1H3. The number of carbonyl (C=O) groups is 1. The SMILES string of the molecule is COC(=O)C=CCCCI. The van der Waals surface area contributed by atoms with Gasteiger partial charge in [0.1, 0.15) is 0 Å². The van der Waals surface area contributed by atoms with Gasteiger partial charge in [-0.3, -0.25) is 0 Å². The quantitative estimate of drug-likeness (QED) is 0.252. The first kappa shape index (κ1) is 9.94. The van der Waals surface area contributed by atoms with E-state index in [0.29, 0.717) is 0 Å². The second kappa shape index (κ2) is 7.05. The molecule has 0 aromatic carbocycles. The van der Waals surface area contributed by atoms with Crippen LogP contribution in [0.1, 0.15) is 12.8 Å². The minimum atomic E-state index is -0.270. The van der Waals surface area contributed by atoms with Crippen molar-refractivity contribution in [2.45, 2.75) is 12.8 Å². The molecule has 0 saturated heterocycles. The number of hydrogen-bond donors (Lipinski definition) is 0. The molecule has 0 fully saturated rings. The van der Waals surface area contributed by atoms with E-state index < -0.39 is 0 Å². The Balaban J connectivity index is 3.27. The number of alkyl halides is 1. The van der Waals surface area contributed by atoms with Gasteiger partial charge in [0, 0.05) is 6.08 Å². The molecule has 0 rings (SSSR count). The second-order valence-electron chi connectivity index (χ2n) is 1.76. The second-order valence-corrected chi connectivity index (χ2v) is 2.84. The van der Waals surface area contributed by atoms with Crippen molar-refractivity contribution in [1.82, 2.24) is 0 Å². The van der Waals surface area contributed by atoms with Gasteiger partial charge in [-0.25, -0.2) is 4.79 Å². The molecule has 0 amide bonds. The van der Waals surface area contributed by atoms with E-state index in [-0.39, 0.29) is 5.97 Å². The van der Waals surface area contributed by atoms with E-state index in [9.17, 15) is 4.79 Å². The molecule has 0 aromatic heterocycles. The number of ether oxygens (including phenoxy) is 1. The minimum absolute atomic E-state index is 0.270. The highest BCUT2D eigenvalue weighted by molar-refractivity contribution is 14.1. The summed E-state index contributed by atoms with van der Waals surface area (Å²) >= 11 is 2.30. The number of halogens is 1. The molecule has 0 heterocycles. The largest absolute Gasteiger partial charge is 0.466 e. The van der Waals surface area contributed by atoms with Gasteiger partial charge in [-0.1, -0.05) is 28.7 Å². The van der Waals surface area contributed by atoms with Crippen LogP contribution in [0.4, 0.5) is 0 Å². The van der Waals surface area contributed by atoms with E-state index in [0.717, 1.165) is 17.3 Å². The zero-order chi connectivity index (χ0) is 7.82. The summed E-state index contributed by atoms with van der Waals surface area (Å²) in [7, 11) is 1.38. The maximum Gasteiger partial charge on any atom is 0.330 e. The fourth-order valence-electron chi connectivity index (χ4n) is 0.443. The van der Waals surface area contributed by atoms with Crippen molar-refractivity contribution >= 4 is 28.6 Å². The van der Waals surface area contributed by atoms with Crippen LogP contribution in [0.3, 0.4) is 0 Å². The predicted molar refractivity (Wildman–Crippen MR) is 49.3 cm³/mol. The lowest BCUT2D eigenvalue weighted by Crippen LogP contribution is -1.93. The number of rotatable bonds is 4. The van der Waals surface area contributed by atoms with Crippen LogP contribution in [-0.4, -0.2) is 17.5 Å². The lowest BCUT2D eigenvalue weighted by molar-refractivity contribution is -0.134. The predicted octanol–water partition coefficient (Wildman–Crippen LogP) is 1.93. The van der Waals surface area contributed by atoms with E-state index in [2.05, 4.69) is 27.3 Å². The summed E-state index contributed by atoms with van der Waals surface area (Å²) in [5.41, 5.74) is 0. The molecular formula is C7H11IO2. The highest BCUT2D eigenvalue weighted by Crippen LogP contribution is 1.95. The Morgan fingerprint density at radius 3 is 2.90 bits per heavy atom. The van der Waals surface area contributed by atoms with Crippen LogP contribution >= 0.6 is 22.6 Å². The smallest absolute Gasteiger partial charge is 0.330 e. The molecular weight excluding hydrogens is 243 g/mol. The topological polar surface area (TPSA) is 26.3 Å². The zero-order valence-electron chi connectivity index (χ0n) is 5.97. The summed E-state index contributed by atoms with van der Waals surface area (Å²) in [6, 6.07) is 0. The summed E-state index contributed by atoms with van der Waals surface area (Å²) in [5, 5.41) is 0. The Bertz CT molecular complexity index is 121. The first-order chi connectivity index (χ1) is 4.81. The fourth-order valence-corrected chi connectivity index (χ4v) is 0.883. The molecule has 0 aliphatic carbocycles. The van der Waals surface area contributed by atoms with E-state index in [4.69, 9.17) is 0 Å². The molecule has 0 N–H and O–H groups in total. The van der Waals surface area contributed by atoms with Gasteiger partial charge in [-0.2, -0.15) is 0 Å². The molecule has 0 spiro atoms. The van der Waals surface area contributed by atoms with Gasteiger partial charge in [0.25, 0.3) is 0 Å². The van der Waals surface area contributed by atoms with Crippen LogP contribution in [0.5, 0.6) is 0 Å². The number of carbonyl (C=O) groups excluding carboxylic acids is 1. The lowest BCUT2D eigenvalue weighted by Gasteiger charge is -1.88. The monoisotopic (exact) mass is 254 g/mol. The van der Waals surface area contributed by atoms with E-state index in [1.54, 1.807) is 0 Å². The third-order valence-electron chi connectivity index (χ3n) is 0.960. The van der Waals surface area contributed by atoms with Crippen LogP contribution < -0.4 is 0 Å². The fraction of sp³-hybridized carbons (Fsp3) is 0.571. The molecule has 0 aliphatic heterocycles. The van der Waals surface area contributed by atoms with Crippen molar-refractivity contribution in [3.8, 4) is 0 Å². The van der Waals surface area contributed by atoms with Crippen LogP contribution in [-0.2, 0) is 9.53 Å². The first-order valence-electron chi connectivity index (χ1n) is 3.11. The van der Waals surface area contributed by atoms with Crippen molar-refractivity contribution in [2.24, 2.45) is 0 Å². The van der Waals surface area contributed by atoms with Gasteiger partial charge in [0.05, 0.1) is 7.11 Å². The molecule has 0 bridgehead atoms. The van der Waals surface area contributed by atoms with E-state index in [1.807, 2.05) is 6.08 Å². The van der Waals surface area contributed by atoms with Crippen molar-refractivity contribution in [2.75, 3.05) is 11.5 Å². The third kappa shape index (κ3) is 6.07. The highest BCUT2D eigenvalue weighted by Gasteiger charge is 1.88. The van der Waals surface area contributed by atoms with Crippen molar-refractivity contribution < 1.29 is 9.53 Å². The van der Waals surface area contributed by atoms with Gasteiger partial charge in [-0.05, 0) is 17.3 Å². The number of esters is 1. The third-order valence-corrected chi connectivity index (χ3v) is 1.72. The zero-order valence-corrected chi connectivity index (χ0v) is 8.13. The van der Waals surface area contributed by atoms with Gasteiger partial charge >= 0.3 is 5.97 Å². The minimum Gasteiger partial charge on any atom is -0.466 e. The molecule has 0 atom stereocenters. The first-order valence-corrected chi connectivity index (χ1v) is 4.64. The summed E-state index contributed by atoms with van der Waals surface area (Å²) in [6.07, 6.45) is 5.38. The number of allylic oxidation sites excluding steroid dienone is 1. The molecule has 2 nitrogen and oxygen atoms in total. The molecule has 0 saturated carbocycles. The Morgan fingerprint density at radius 2 is 2.40 bits per heavy atom. The molecule has 10 heavy (non-hydrogen) atoms. The average Bonchev–Trinajstić information content (AvgIpc) is 1.98. The van der Waals surface area contributed by atoms with E-state index >= 15 is 0 Å². The molecule has 58 valence electrons. The Morgan fingerprint density at radius 1 is 1.70 bits per heavy atom. The number of methoxy groups -OCH3 is 1. The van der Waals surface area contributed by atoms with Gasteiger partial charge in [0.15, 0.2) is 0 Å². The summed E-state index contributed by atoms with van der Waals surface area (Å²) in [6.45, 7) is 0. The Labute approximate surface area is 74.8 Å². The normalized spacial score (nSPS) is 10.2. The number of unbranched alkanes of at least 4 members (excludes halogenated alkanes) is 1. The van der Waals surface area contributed by atoms with Gasteiger partial charge in [0.2, 0.25) is 0 Å². The number of hydrogen-bond acceptors (Lipinski definition) is 2.